The monoisotopic (exact) mass is 378 g/mol. The first-order valence-electron chi connectivity index (χ1n) is 8.94. The van der Waals surface area contributed by atoms with E-state index < -0.39 is 23.1 Å². The summed E-state index contributed by atoms with van der Waals surface area (Å²) in [4.78, 5) is 14.3. The molecule has 0 bridgehead atoms. The zero-order chi connectivity index (χ0) is 19.6. The van der Waals surface area contributed by atoms with Crippen molar-refractivity contribution in [2.75, 3.05) is 13.1 Å². The number of aryl methyl sites for hydroxylation is 1. The van der Waals surface area contributed by atoms with Crippen molar-refractivity contribution in [3.8, 4) is 0 Å². The number of aliphatic hydroxyl groups is 1. The van der Waals surface area contributed by atoms with Crippen LogP contribution in [0.4, 0.5) is 8.78 Å². The van der Waals surface area contributed by atoms with Crippen LogP contribution in [0, 0.1) is 18.6 Å². The summed E-state index contributed by atoms with van der Waals surface area (Å²) >= 11 is 0. The predicted molar refractivity (Wildman–Crippen MR) is 95.6 cm³/mol. The van der Waals surface area contributed by atoms with Crippen LogP contribution in [-0.4, -0.2) is 44.4 Å². The van der Waals surface area contributed by atoms with Gasteiger partial charge in [-0.1, -0.05) is 6.07 Å². The van der Waals surface area contributed by atoms with Gasteiger partial charge >= 0.3 is 0 Å². The van der Waals surface area contributed by atoms with E-state index in [1.165, 1.54) is 11.0 Å². The molecule has 2 N–H and O–H groups in total. The summed E-state index contributed by atoms with van der Waals surface area (Å²) < 4.78 is 28.2. The second-order valence-corrected chi connectivity index (χ2v) is 7.09. The SMILES string of the molecule is Cc1c(CNCC2(O)CCCN(Cc3ccc(F)c(F)c3)C2=O)cnn1C. The minimum absolute atomic E-state index is 0.119. The van der Waals surface area contributed by atoms with Gasteiger partial charge in [-0.3, -0.25) is 9.48 Å². The Morgan fingerprint density at radius 3 is 2.78 bits per heavy atom. The molecule has 1 unspecified atom stereocenters. The predicted octanol–water partition coefficient (Wildman–Crippen LogP) is 1.65. The summed E-state index contributed by atoms with van der Waals surface area (Å²) in [6, 6.07) is 3.57. The van der Waals surface area contributed by atoms with Gasteiger partial charge in [0.05, 0.1) is 6.20 Å². The van der Waals surface area contributed by atoms with Gasteiger partial charge in [-0.2, -0.15) is 5.10 Å². The van der Waals surface area contributed by atoms with E-state index in [0.29, 0.717) is 31.5 Å². The van der Waals surface area contributed by atoms with Gasteiger partial charge in [-0.15, -0.1) is 0 Å². The number of nitrogens with zero attached hydrogens (tertiary/aromatic N) is 3. The Morgan fingerprint density at radius 2 is 2.11 bits per heavy atom. The molecule has 0 radical (unpaired) electrons. The summed E-state index contributed by atoms with van der Waals surface area (Å²) in [6.07, 6.45) is 2.75. The summed E-state index contributed by atoms with van der Waals surface area (Å²) in [5.74, 6) is -2.26. The molecule has 8 heteroatoms. The third kappa shape index (κ3) is 4.17. The summed E-state index contributed by atoms with van der Waals surface area (Å²) in [6.45, 7) is 3.18. The highest BCUT2D eigenvalue weighted by Gasteiger charge is 2.41. The molecule has 1 amide bonds. The van der Waals surface area contributed by atoms with Gasteiger partial charge in [0.25, 0.3) is 5.91 Å². The molecule has 2 heterocycles. The number of carbonyl (C=O) groups excluding carboxylic acids is 1. The number of likely N-dealkylation sites (tertiary alicyclic amines) is 1. The van der Waals surface area contributed by atoms with Crippen LogP contribution in [0.25, 0.3) is 0 Å². The number of hydrogen-bond donors (Lipinski definition) is 2. The first kappa shape index (κ1) is 19.4. The topological polar surface area (TPSA) is 70.4 Å². The molecule has 1 aliphatic rings. The van der Waals surface area contributed by atoms with Crippen molar-refractivity contribution < 1.29 is 18.7 Å². The fourth-order valence-corrected chi connectivity index (χ4v) is 3.36. The van der Waals surface area contributed by atoms with Crippen molar-refractivity contribution in [1.29, 1.82) is 0 Å². The average molecular weight is 378 g/mol. The third-order valence-corrected chi connectivity index (χ3v) is 5.13. The largest absolute Gasteiger partial charge is 0.379 e. The van der Waals surface area contributed by atoms with Crippen LogP contribution in [-0.2, 0) is 24.9 Å². The van der Waals surface area contributed by atoms with Gasteiger partial charge in [0, 0.05) is 44.5 Å². The highest BCUT2D eigenvalue weighted by Crippen LogP contribution is 2.24. The molecule has 1 aromatic carbocycles. The van der Waals surface area contributed by atoms with Crippen molar-refractivity contribution >= 4 is 5.91 Å². The number of nitrogens with one attached hydrogen (secondary N) is 1. The number of halogens is 2. The highest BCUT2D eigenvalue weighted by atomic mass is 19.2. The number of benzene rings is 1. The van der Waals surface area contributed by atoms with Gasteiger partial charge in [-0.25, -0.2) is 8.78 Å². The van der Waals surface area contributed by atoms with E-state index in [0.717, 1.165) is 23.4 Å². The van der Waals surface area contributed by atoms with E-state index >= 15 is 0 Å². The number of rotatable bonds is 6. The van der Waals surface area contributed by atoms with Gasteiger partial charge in [0.15, 0.2) is 17.2 Å². The second-order valence-electron chi connectivity index (χ2n) is 7.09. The molecular weight excluding hydrogens is 354 g/mol. The van der Waals surface area contributed by atoms with Crippen LogP contribution < -0.4 is 5.32 Å². The Hall–Kier alpha value is -2.32. The van der Waals surface area contributed by atoms with Crippen molar-refractivity contribution in [1.82, 2.24) is 20.0 Å². The molecule has 1 saturated heterocycles. The molecule has 0 aliphatic carbocycles. The molecule has 1 fully saturated rings. The minimum atomic E-state index is -1.51. The van der Waals surface area contributed by atoms with Crippen molar-refractivity contribution in [3.05, 3.63) is 52.9 Å². The fraction of sp³-hybridized carbons (Fsp3) is 0.474. The van der Waals surface area contributed by atoms with Gasteiger partial charge < -0.3 is 15.3 Å². The minimum Gasteiger partial charge on any atom is -0.379 e. The maximum atomic E-state index is 13.4. The zero-order valence-electron chi connectivity index (χ0n) is 15.5. The molecule has 2 aromatic rings. The maximum Gasteiger partial charge on any atom is 0.256 e. The van der Waals surface area contributed by atoms with Crippen molar-refractivity contribution in [3.63, 3.8) is 0 Å². The van der Waals surface area contributed by atoms with E-state index in [2.05, 4.69) is 10.4 Å². The van der Waals surface area contributed by atoms with Crippen LogP contribution in [0.3, 0.4) is 0 Å². The average Bonchev–Trinajstić information content (AvgIpc) is 2.94. The lowest BCUT2D eigenvalue weighted by Crippen LogP contribution is -2.57. The van der Waals surface area contributed by atoms with E-state index in [4.69, 9.17) is 0 Å². The van der Waals surface area contributed by atoms with Gasteiger partial charge in [0.1, 0.15) is 0 Å². The molecule has 6 nitrogen and oxygen atoms in total. The lowest BCUT2D eigenvalue weighted by Gasteiger charge is -2.38. The molecule has 0 spiro atoms. The summed E-state index contributed by atoms with van der Waals surface area (Å²) in [5, 5.41) is 18.1. The smallest absolute Gasteiger partial charge is 0.256 e. The quantitative estimate of drug-likeness (QED) is 0.802. The lowest BCUT2D eigenvalue weighted by molar-refractivity contribution is -0.157. The van der Waals surface area contributed by atoms with Gasteiger partial charge in [-0.05, 0) is 37.5 Å². The summed E-state index contributed by atoms with van der Waals surface area (Å²) in [5.41, 5.74) is 1.00. The van der Waals surface area contributed by atoms with Crippen molar-refractivity contribution in [2.24, 2.45) is 7.05 Å². The van der Waals surface area contributed by atoms with Crippen LogP contribution in [0.15, 0.2) is 24.4 Å². The Labute approximate surface area is 156 Å². The van der Waals surface area contributed by atoms with Crippen LogP contribution in [0.5, 0.6) is 0 Å². The first-order valence-corrected chi connectivity index (χ1v) is 8.94. The second kappa shape index (κ2) is 7.74. The number of hydrogen-bond acceptors (Lipinski definition) is 4. The molecule has 1 atom stereocenters. The molecule has 0 saturated carbocycles. The standard InChI is InChI=1S/C19H24F2N4O2/c1-13-15(10-23-24(13)2)9-22-12-19(27)6-3-7-25(18(19)26)11-14-4-5-16(20)17(21)8-14/h4-5,8,10,22,27H,3,6-7,9,11-12H2,1-2H3. The number of amides is 1. The lowest BCUT2D eigenvalue weighted by atomic mass is 9.91. The molecular formula is C19H24F2N4O2. The van der Waals surface area contributed by atoms with Crippen LogP contribution in [0.1, 0.15) is 29.7 Å². The molecule has 1 aliphatic heterocycles. The Balaban J connectivity index is 1.62. The van der Waals surface area contributed by atoms with Crippen molar-refractivity contribution in [2.45, 2.75) is 38.5 Å². The van der Waals surface area contributed by atoms with E-state index in [1.807, 2.05) is 14.0 Å². The van der Waals surface area contributed by atoms with E-state index in [1.54, 1.807) is 10.9 Å². The maximum absolute atomic E-state index is 13.4. The number of piperidine rings is 1. The third-order valence-electron chi connectivity index (χ3n) is 5.13. The molecule has 1 aromatic heterocycles. The van der Waals surface area contributed by atoms with Crippen LogP contribution >= 0.6 is 0 Å². The van der Waals surface area contributed by atoms with E-state index in [-0.39, 0.29) is 13.1 Å². The van der Waals surface area contributed by atoms with Gasteiger partial charge in [0.2, 0.25) is 0 Å². The van der Waals surface area contributed by atoms with Crippen LogP contribution in [0.2, 0.25) is 0 Å². The van der Waals surface area contributed by atoms with E-state index in [9.17, 15) is 18.7 Å². The number of carbonyl (C=O) groups is 1. The zero-order valence-corrected chi connectivity index (χ0v) is 15.5. The Morgan fingerprint density at radius 1 is 1.33 bits per heavy atom. The number of aromatic nitrogens is 2. The Bertz CT molecular complexity index is 839. The molecule has 146 valence electrons. The normalized spacial score (nSPS) is 20.3. The fourth-order valence-electron chi connectivity index (χ4n) is 3.36. The first-order chi connectivity index (χ1) is 12.8. The molecule has 27 heavy (non-hydrogen) atoms. The molecule has 3 rings (SSSR count). The highest BCUT2D eigenvalue weighted by molar-refractivity contribution is 5.86. The Kier molecular flexibility index (Phi) is 5.57. The summed E-state index contributed by atoms with van der Waals surface area (Å²) in [7, 11) is 1.85.